The molecule has 1 unspecified atom stereocenters. The number of methoxy groups -OCH3 is 1. The van der Waals surface area contributed by atoms with Crippen LogP contribution < -0.4 is 10.2 Å². The Bertz CT molecular complexity index is 1700. The van der Waals surface area contributed by atoms with Gasteiger partial charge in [-0.25, -0.2) is 18.9 Å². The number of carbonyl (C=O) groups is 2. The van der Waals surface area contributed by atoms with Crippen LogP contribution >= 0.6 is 0 Å². The summed E-state index contributed by atoms with van der Waals surface area (Å²) in [5, 5.41) is 20.8. The van der Waals surface area contributed by atoms with Gasteiger partial charge in [0, 0.05) is 30.9 Å². The van der Waals surface area contributed by atoms with E-state index >= 15 is 0 Å². The molecule has 0 bridgehead atoms. The summed E-state index contributed by atoms with van der Waals surface area (Å²) in [5.41, 5.74) is 2.56. The van der Waals surface area contributed by atoms with Crippen LogP contribution in [-0.2, 0) is 15.6 Å². The van der Waals surface area contributed by atoms with Crippen molar-refractivity contribution >= 4 is 11.8 Å². The molecule has 12 nitrogen and oxygen atoms in total. The Labute approximate surface area is 263 Å². The molecular weight excluding hydrogens is 598 g/mol. The number of likely N-dealkylation sites (tertiary alicyclic amines) is 2. The molecule has 2 aliphatic heterocycles. The predicted molar refractivity (Wildman–Crippen MR) is 160 cm³/mol. The number of hydroxylamine groups is 1. The first-order chi connectivity index (χ1) is 22.3. The van der Waals surface area contributed by atoms with Crippen molar-refractivity contribution in [2.75, 3.05) is 39.8 Å². The number of nitrogens with zero attached hydrogens (tertiary/aromatic N) is 7. The highest BCUT2D eigenvalue weighted by Crippen LogP contribution is 2.41. The number of aromatic nitrogens is 5. The molecule has 2 saturated heterocycles. The normalized spacial score (nSPS) is 19.6. The summed E-state index contributed by atoms with van der Waals surface area (Å²) in [6, 6.07) is 12.7. The van der Waals surface area contributed by atoms with Gasteiger partial charge in [0.2, 0.25) is 0 Å². The smallest absolute Gasteiger partial charge is 0.257 e. The number of piperidine rings is 1. The van der Waals surface area contributed by atoms with E-state index in [2.05, 4.69) is 25.4 Å². The number of amides is 2. The molecule has 4 heterocycles. The molecule has 14 heteroatoms. The van der Waals surface area contributed by atoms with Crippen LogP contribution in [0.4, 0.5) is 8.78 Å². The summed E-state index contributed by atoms with van der Waals surface area (Å²) in [5.74, 6) is -2.21. The van der Waals surface area contributed by atoms with Crippen LogP contribution in [0.15, 0.2) is 67.3 Å². The molecule has 2 aromatic heterocycles. The van der Waals surface area contributed by atoms with Gasteiger partial charge in [-0.2, -0.15) is 0 Å². The predicted octanol–water partition coefficient (Wildman–Crippen LogP) is 3.06. The Morgan fingerprint density at radius 2 is 1.85 bits per heavy atom. The highest BCUT2D eigenvalue weighted by Gasteiger charge is 2.45. The standard InChI is InChI=1S/C32H34F2N8O4/c1-46-28-7-5-24(42-21-36-38-39-42)18-25(28)29(43)41-16-9-31(20-41,22-4-6-26(33)27(34)17-22)8-13-40-14-10-32(11-15-40,30(44)37-45)23-3-2-12-35-19-23/h2-7,12,17-19,21,45H,8-11,13-16,20H2,1H3,(H,37,44). The van der Waals surface area contributed by atoms with E-state index in [-0.39, 0.29) is 12.5 Å². The maximum absolute atomic E-state index is 14.6. The summed E-state index contributed by atoms with van der Waals surface area (Å²) in [4.78, 5) is 35.0. The summed E-state index contributed by atoms with van der Waals surface area (Å²) >= 11 is 0. The van der Waals surface area contributed by atoms with Crippen molar-refractivity contribution in [3.05, 3.63) is 95.6 Å². The average Bonchev–Trinajstić information content (AvgIpc) is 3.80. The minimum atomic E-state index is -0.938. The summed E-state index contributed by atoms with van der Waals surface area (Å²) in [7, 11) is 1.49. The Kier molecular flexibility index (Phi) is 8.73. The Morgan fingerprint density at radius 3 is 2.52 bits per heavy atom. The van der Waals surface area contributed by atoms with Gasteiger partial charge in [-0.3, -0.25) is 19.8 Å². The number of tetrazole rings is 1. The van der Waals surface area contributed by atoms with Gasteiger partial charge >= 0.3 is 0 Å². The van der Waals surface area contributed by atoms with Crippen molar-refractivity contribution in [1.82, 2.24) is 40.5 Å². The first-order valence-electron chi connectivity index (χ1n) is 15.0. The molecular formula is C32H34F2N8O4. The Morgan fingerprint density at radius 1 is 1.02 bits per heavy atom. The molecule has 240 valence electrons. The van der Waals surface area contributed by atoms with Gasteiger partial charge < -0.3 is 14.5 Å². The van der Waals surface area contributed by atoms with E-state index < -0.39 is 28.4 Å². The number of pyridine rings is 1. The second-order valence-electron chi connectivity index (χ2n) is 11.9. The molecule has 2 N–H and O–H groups in total. The fourth-order valence-corrected chi connectivity index (χ4v) is 6.84. The Balaban J connectivity index is 1.23. The van der Waals surface area contributed by atoms with Gasteiger partial charge in [0.1, 0.15) is 12.1 Å². The third-order valence-electron chi connectivity index (χ3n) is 9.57. The lowest BCUT2D eigenvalue weighted by molar-refractivity contribution is -0.137. The highest BCUT2D eigenvalue weighted by atomic mass is 19.2. The van der Waals surface area contributed by atoms with Crippen molar-refractivity contribution in [1.29, 1.82) is 0 Å². The number of halogens is 2. The number of carbonyl (C=O) groups excluding carboxylic acids is 2. The van der Waals surface area contributed by atoms with Gasteiger partial charge in [-0.05, 0) is 103 Å². The maximum Gasteiger partial charge on any atom is 0.257 e. The zero-order valence-electron chi connectivity index (χ0n) is 25.3. The molecule has 6 rings (SSSR count). The molecule has 0 radical (unpaired) electrons. The van der Waals surface area contributed by atoms with Crippen molar-refractivity contribution in [3.63, 3.8) is 0 Å². The molecule has 0 saturated carbocycles. The van der Waals surface area contributed by atoms with E-state index in [1.54, 1.807) is 47.6 Å². The monoisotopic (exact) mass is 632 g/mol. The number of hydrogen-bond donors (Lipinski definition) is 2. The number of hydrogen-bond acceptors (Lipinski definition) is 9. The topological polar surface area (TPSA) is 139 Å². The minimum absolute atomic E-state index is 0.259. The van der Waals surface area contributed by atoms with E-state index in [1.807, 2.05) is 11.5 Å². The van der Waals surface area contributed by atoms with Crippen LogP contribution in [0.2, 0.25) is 0 Å². The molecule has 2 amide bonds. The van der Waals surface area contributed by atoms with Crippen LogP contribution in [0.25, 0.3) is 5.69 Å². The first kappa shape index (κ1) is 31.2. The van der Waals surface area contributed by atoms with Crippen LogP contribution in [0, 0.1) is 11.6 Å². The van der Waals surface area contributed by atoms with Crippen molar-refractivity contribution in [2.24, 2.45) is 0 Å². The number of ether oxygens (including phenoxy) is 1. The van der Waals surface area contributed by atoms with Crippen LogP contribution in [0.5, 0.6) is 5.75 Å². The average molecular weight is 633 g/mol. The minimum Gasteiger partial charge on any atom is -0.496 e. The lowest BCUT2D eigenvalue weighted by atomic mass is 9.72. The van der Waals surface area contributed by atoms with E-state index in [0.29, 0.717) is 74.4 Å². The van der Waals surface area contributed by atoms with Crippen LogP contribution in [-0.4, -0.2) is 91.8 Å². The van der Waals surface area contributed by atoms with Gasteiger partial charge in [0.25, 0.3) is 11.8 Å². The number of rotatable bonds is 9. The van der Waals surface area contributed by atoms with Crippen LogP contribution in [0.1, 0.15) is 47.2 Å². The Hall–Kier alpha value is -4.82. The van der Waals surface area contributed by atoms with E-state index in [4.69, 9.17) is 4.74 Å². The van der Waals surface area contributed by atoms with Crippen molar-refractivity contribution in [3.8, 4) is 11.4 Å². The van der Waals surface area contributed by atoms with Gasteiger partial charge in [0.05, 0.1) is 23.8 Å². The fourth-order valence-electron chi connectivity index (χ4n) is 6.84. The molecule has 0 spiro atoms. The number of nitrogens with one attached hydrogen (secondary N) is 1. The SMILES string of the molecule is COc1ccc(-n2cnnn2)cc1C(=O)N1CCC(CCN2CCC(C(=O)NO)(c3cccnc3)CC2)(c2ccc(F)c(F)c2)C1. The molecule has 2 aromatic carbocycles. The molecule has 0 aliphatic carbocycles. The van der Waals surface area contributed by atoms with Gasteiger partial charge in [-0.15, -0.1) is 5.10 Å². The van der Waals surface area contributed by atoms with Gasteiger partial charge in [0.15, 0.2) is 11.6 Å². The third-order valence-corrected chi connectivity index (χ3v) is 9.57. The molecule has 46 heavy (non-hydrogen) atoms. The quantitative estimate of drug-likeness (QED) is 0.211. The lowest BCUT2D eigenvalue weighted by Crippen LogP contribution is -2.51. The zero-order valence-corrected chi connectivity index (χ0v) is 25.3. The molecule has 1 atom stereocenters. The number of benzene rings is 2. The largest absolute Gasteiger partial charge is 0.496 e. The zero-order chi connectivity index (χ0) is 32.3. The molecule has 4 aromatic rings. The second-order valence-corrected chi connectivity index (χ2v) is 11.9. The summed E-state index contributed by atoms with van der Waals surface area (Å²) in [6.07, 6.45) is 6.75. The van der Waals surface area contributed by atoms with E-state index in [9.17, 15) is 23.6 Å². The third kappa shape index (κ3) is 5.81. The molecule has 2 aliphatic rings. The fraction of sp³-hybridized carbons (Fsp3) is 0.375. The van der Waals surface area contributed by atoms with Crippen molar-refractivity contribution in [2.45, 2.75) is 36.5 Å². The summed E-state index contributed by atoms with van der Waals surface area (Å²) in [6.45, 7) is 2.43. The maximum atomic E-state index is 14.6. The summed E-state index contributed by atoms with van der Waals surface area (Å²) < 4.78 is 35.6. The van der Waals surface area contributed by atoms with Crippen LogP contribution in [0.3, 0.4) is 0 Å². The second kappa shape index (κ2) is 12.9. The van der Waals surface area contributed by atoms with Gasteiger partial charge in [-0.1, -0.05) is 12.1 Å². The van der Waals surface area contributed by atoms with E-state index in [1.165, 1.54) is 24.2 Å². The highest BCUT2D eigenvalue weighted by molar-refractivity contribution is 5.98. The van der Waals surface area contributed by atoms with E-state index in [0.717, 1.165) is 11.6 Å². The van der Waals surface area contributed by atoms with Crippen molar-refractivity contribution < 1.29 is 28.3 Å². The first-order valence-corrected chi connectivity index (χ1v) is 15.0. The molecule has 2 fully saturated rings. The lowest BCUT2D eigenvalue weighted by Gasteiger charge is -2.41.